The van der Waals surface area contributed by atoms with Gasteiger partial charge in [-0.2, -0.15) is 0 Å². The zero-order valence-corrected chi connectivity index (χ0v) is 6.87. The summed E-state index contributed by atoms with van der Waals surface area (Å²) in [6.07, 6.45) is 7.82. The van der Waals surface area contributed by atoms with Crippen LogP contribution in [0.5, 0.6) is 0 Å². The van der Waals surface area contributed by atoms with E-state index >= 15 is 0 Å². The molecule has 1 aliphatic carbocycles. The molecule has 0 aliphatic heterocycles. The molecule has 60 valence electrons. The van der Waals surface area contributed by atoms with E-state index in [1.807, 2.05) is 31.4 Å². The molecule has 0 heterocycles. The molecule has 0 aromatic heterocycles. The Bertz CT molecular complexity index is 206. The summed E-state index contributed by atoms with van der Waals surface area (Å²) in [4.78, 5) is 11.0. The smallest absolute Gasteiger partial charge is 0.138 e. The third-order valence-corrected chi connectivity index (χ3v) is 1.94. The van der Waals surface area contributed by atoms with Crippen molar-refractivity contribution in [2.75, 3.05) is 7.05 Å². The summed E-state index contributed by atoms with van der Waals surface area (Å²) in [7, 11) is 1.87. The second-order valence-electron chi connectivity index (χ2n) is 2.72. The zero-order valence-electron chi connectivity index (χ0n) is 6.87. The molecule has 2 nitrogen and oxygen atoms in total. The van der Waals surface area contributed by atoms with E-state index in [9.17, 15) is 4.79 Å². The summed E-state index contributed by atoms with van der Waals surface area (Å²) >= 11 is 0. The monoisotopic (exact) mass is 151 g/mol. The summed E-state index contributed by atoms with van der Waals surface area (Å²) in [6.45, 7) is 1.62. The van der Waals surface area contributed by atoms with Gasteiger partial charge < -0.3 is 5.32 Å². The number of hydrogen-bond acceptors (Lipinski definition) is 2. The maximum absolute atomic E-state index is 11.0. The summed E-state index contributed by atoms with van der Waals surface area (Å²) in [5.41, 5.74) is 0. The maximum atomic E-state index is 11.0. The van der Waals surface area contributed by atoms with Crippen LogP contribution in [-0.4, -0.2) is 18.9 Å². The first-order chi connectivity index (χ1) is 5.25. The van der Waals surface area contributed by atoms with Crippen LogP contribution in [0, 0.1) is 5.92 Å². The lowest BCUT2D eigenvalue weighted by Crippen LogP contribution is -2.35. The lowest BCUT2D eigenvalue weighted by molar-refractivity contribution is -0.119. The summed E-state index contributed by atoms with van der Waals surface area (Å²) in [5.74, 6) is 0.231. The van der Waals surface area contributed by atoms with Crippen molar-refractivity contribution in [1.29, 1.82) is 0 Å². The van der Waals surface area contributed by atoms with Crippen molar-refractivity contribution < 1.29 is 4.79 Å². The van der Waals surface area contributed by atoms with Gasteiger partial charge in [0.25, 0.3) is 0 Å². The Hall–Kier alpha value is -0.890. The molecule has 0 aromatic rings. The van der Waals surface area contributed by atoms with E-state index in [1.165, 1.54) is 0 Å². The van der Waals surface area contributed by atoms with Crippen LogP contribution in [0.25, 0.3) is 0 Å². The van der Waals surface area contributed by atoms with Crippen LogP contribution in [0.1, 0.15) is 6.92 Å². The number of likely N-dealkylation sites (N-methyl/N-ethyl adjacent to an activating group) is 1. The van der Waals surface area contributed by atoms with E-state index in [2.05, 4.69) is 5.32 Å². The van der Waals surface area contributed by atoms with Gasteiger partial charge in [0.2, 0.25) is 0 Å². The van der Waals surface area contributed by atoms with E-state index in [-0.39, 0.29) is 17.7 Å². The van der Waals surface area contributed by atoms with Crippen molar-refractivity contribution >= 4 is 5.78 Å². The van der Waals surface area contributed by atoms with E-state index in [4.69, 9.17) is 0 Å². The van der Waals surface area contributed by atoms with E-state index in [0.717, 1.165) is 0 Å². The number of rotatable bonds is 2. The van der Waals surface area contributed by atoms with Crippen LogP contribution in [0.3, 0.4) is 0 Å². The van der Waals surface area contributed by atoms with Crippen LogP contribution in [0.15, 0.2) is 24.3 Å². The van der Waals surface area contributed by atoms with Gasteiger partial charge in [-0.1, -0.05) is 24.3 Å². The molecule has 0 aromatic carbocycles. The van der Waals surface area contributed by atoms with E-state index in [0.29, 0.717) is 0 Å². The van der Waals surface area contributed by atoms with Gasteiger partial charge in [0.1, 0.15) is 5.78 Å². The van der Waals surface area contributed by atoms with Gasteiger partial charge in [-0.25, -0.2) is 0 Å². The molecule has 0 fully saturated rings. The highest BCUT2D eigenvalue weighted by Gasteiger charge is 2.20. The molecule has 2 heteroatoms. The Morgan fingerprint density at radius 1 is 1.36 bits per heavy atom. The van der Waals surface area contributed by atoms with Crippen molar-refractivity contribution in [2.24, 2.45) is 5.92 Å². The topological polar surface area (TPSA) is 29.1 Å². The summed E-state index contributed by atoms with van der Waals surface area (Å²) < 4.78 is 0. The molecule has 0 spiro atoms. The van der Waals surface area contributed by atoms with Gasteiger partial charge >= 0.3 is 0 Å². The van der Waals surface area contributed by atoms with Gasteiger partial charge in [0, 0.05) is 6.04 Å². The fraction of sp³-hybridized carbons (Fsp3) is 0.444. The molecule has 2 atom stereocenters. The summed E-state index contributed by atoms with van der Waals surface area (Å²) in [5, 5.41) is 3.08. The number of Topliss-reactive ketones (excluding diaryl/α,β-unsaturated/α-hetero) is 1. The minimum Gasteiger partial charge on any atom is -0.313 e. The molecular formula is C9H13NO. The quantitative estimate of drug-likeness (QED) is 0.635. The highest BCUT2D eigenvalue weighted by Crippen LogP contribution is 2.12. The predicted molar refractivity (Wildman–Crippen MR) is 45.3 cm³/mol. The molecule has 0 saturated carbocycles. The highest BCUT2D eigenvalue weighted by atomic mass is 16.1. The van der Waals surface area contributed by atoms with E-state index in [1.54, 1.807) is 6.92 Å². The largest absolute Gasteiger partial charge is 0.313 e. The first kappa shape index (κ1) is 8.21. The Morgan fingerprint density at radius 2 is 2.00 bits per heavy atom. The predicted octanol–water partition coefficient (Wildman–Crippen LogP) is 0.906. The van der Waals surface area contributed by atoms with Crippen molar-refractivity contribution in [3.63, 3.8) is 0 Å². The molecule has 1 N–H and O–H groups in total. The van der Waals surface area contributed by atoms with Crippen LogP contribution >= 0.6 is 0 Å². The van der Waals surface area contributed by atoms with Crippen LogP contribution in [0.2, 0.25) is 0 Å². The van der Waals surface area contributed by atoms with Crippen molar-refractivity contribution in [3.05, 3.63) is 24.3 Å². The molecule has 2 unspecified atom stereocenters. The lowest BCUT2D eigenvalue weighted by Gasteiger charge is -2.20. The Morgan fingerprint density at radius 3 is 2.45 bits per heavy atom. The fourth-order valence-corrected chi connectivity index (χ4v) is 1.27. The number of carbonyl (C=O) groups excluding carboxylic acids is 1. The number of carbonyl (C=O) groups is 1. The lowest BCUT2D eigenvalue weighted by atomic mass is 9.92. The van der Waals surface area contributed by atoms with Crippen LogP contribution in [-0.2, 0) is 4.79 Å². The first-order valence-electron chi connectivity index (χ1n) is 3.78. The Kier molecular flexibility index (Phi) is 2.60. The van der Waals surface area contributed by atoms with Crippen molar-refractivity contribution in [3.8, 4) is 0 Å². The minimum absolute atomic E-state index is 0.0185. The second-order valence-corrected chi connectivity index (χ2v) is 2.72. The minimum atomic E-state index is 0.0185. The second kappa shape index (κ2) is 3.49. The van der Waals surface area contributed by atoms with Gasteiger partial charge in [-0.05, 0) is 14.0 Å². The summed E-state index contributed by atoms with van der Waals surface area (Å²) in [6, 6.07) is 0.178. The van der Waals surface area contributed by atoms with E-state index < -0.39 is 0 Å². The molecule has 0 radical (unpaired) electrons. The SMILES string of the molecule is CNC1C=CC=CC1C(C)=O. The number of allylic oxidation sites excluding steroid dienone is 2. The zero-order chi connectivity index (χ0) is 8.27. The molecule has 1 rings (SSSR count). The first-order valence-corrected chi connectivity index (χ1v) is 3.78. The third kappa shape index (κ3) is 1.77. The highest BCUT2D eigenvalue weighted by molar-refractivity contribution is 5.81. The normalized spacial score (nSPS) is 28.9. The number of ketones is 1. The molecule has 0 saturated heterocycles. The van der Waals surface area contributed by atoms with Crippen LogP contribution < -0.4 is 5.32 Å². The van der Waals surface area contributed by atoms with Gasteiger partial charge in [0.15, 0.2) is 0 Å². The van der Waals surface area contributed by atoms with Gasteiger partial charge in [-0.15, -0.1) is 0 Å². The van der Waals surface area contributed by atoms with Gasteiger partial charge in [0.05, 0.1) is 5.92 Å². The Labute approximate surface area is 67.0 Å². The maximum Gasteiger partial charge on any atom is 0.138 e. The number of hydrogen-bond donors (Lipinski definition) is 1. The molecule has 0 bridgehead atoms. The van der Waals surface area contributed by atoms with Crippen molar-refractivity contribution in [2.45, 2.75) is 13.0 Å². The number of nitrogens with one attached hydrogen (secondary N) is 1. The third-order valence-electron chi connectivity index (χ3n) is 1.94. The molecule has 0 amide bonds. The average molecular weight is 151 g/mol. The molecular weight excluding hydrogens is 138 g/mol. The standard InChI is InChI=1S/C9H13NO/c1-7(11)8-5-3-4-6-9(8)10-2/h3-6,8-10H,1-2H3. The van der Waals surface area contributed by atoms with Gasteiger partial charge in [-0.3, -0.25) is 4.79 Å². The van der Waals surface area contributed by atoms with Crippen LogP contribution in [0.4, 0.5) is 0 Å². The Balaban J connectivity index is 2.70. The molecule has 1 aliphatic rings. The van der Waals surface area contributed by atoms with Crippen molar-refractivity contribution in [1.82, 2.24) is 5.32 Å². The fourth-order valence-electron chi connectivity index (χ4n) is 1.27. The molecule has 11 heavy (non-hydrogen) atoms. The average Bonchev–Trinajstić information content (AvgIpc) is 2.04.